The van der Waals surface area contributed by atoms with Crippen LogP contribution in [0.4, 0.5) is 0 Å². The van der Waals surface area contributed by atoms with Crippen LogP contribution in [0.25, 0.3) is 11.0 Å². The second-order valence-corrected chi connectivity index (χ2v) is 6.86. The summed E-state index contributed by atoms with van der Waals surface area (Å²) in [6.45, 7) is 1.95. The number of H-pyrrole nitrogens is 1. The quantitative estimate of drug-likeness (QED) is 0.751. The molecule has 24 heavy (non-hydrogen) atoms. The van der Waals surface area contributed by atoms with Gasteiger partial charge in [-0.2, -0.15) is 0 Å². The molecule has 1 fully saturated rings. The molecule has 3 aromatic rings. The molecule has 1 atom stereocenters. The number of fused-ring (bicyclic) bond motifs is 1. The van der Waals surface area contributed by atoms with E-state index in [9.17, 15) is 4.79 Å². The summed E-state index contributed by atoms with van der Waals surface area (Å²) in [5.74, 6) is 0.809. The molecule has 4 nitrogen and oxygen atoms in total. The first-order valence-corrected chi connectivity index (χ1v) is 8.48. The summed E-state index contributed by atoms with van der Waals surface area (Å²) in [5, 5.41) is 3.77. The van der Waals surface area contributed by atoms with Crippen molar-refractivity contribution in [3.8, 4) is 0 Å². The van der Waals surface area contributed by atoms with Crippen LogP contribution in [0.5, 0.6) is 0 Å². The molecule has 1 unspecified atom stereocenters. The van der Waals surface area contributed by atoms with Crippen LogP contribution in [0.1, 0.15) is 37.2 Å². The molecule has 2 aromatic carbocycles. The van der Waals surface area contributed by atoms with Crippen LogP contribution < -0.4 is 5.32 Å². The zero-order chi connectivity index (χ0) is 16.7. The molecule has 1 heterocycles. The molecular formula is C19H18ClN3O. The monoisotopic (exact) mass is 339 g/mol. The number of aromatic amines is 1. The lowest BCUT2D eigenvalue weighted by molar-refractivity contribution is -0.124. The van der Waals surface area contributed by atoms with Gasteiger partial charge >= 0.3 is 0 Å². The number of benzene rings is 2. The highest BCUT2D eigenvalue weighted by atomic mass is 35.5. The van der Waals surface area contributed by atoms with Crippen molar-refractivity contribution in [3.63, 3.8) is 0 Å². The number of halogens is 1. The van der Waals surface area contributed by atoms with Crippen molar-refractivity contribution in [1.82, 2.24) is 15.3 Å². The Morgan fingerprint density at radius 1 is 1.25 bits per heavy atom. The summed E-state index contributed by atoms with van der Waals surface area (Å²) in [4.78, 5) is 20.7. The fraction of sp³-hybridized carbons (Fsp3) is 0.263. The third-order valence-electron chi connectivity index (χ3n) is 4.73. The third kappa shape index (κ3) is 2.57. The van der Waals surface area contributed by atoms with E-state index in [1.165, 1.54) is 0 Å². The van der Waals surface area contributed by atoms with Gasteiger partial charge in [0.1, 0.15) is 5.82 Å². The zero-order valence-electron chi connectivity index (χ0n) is 13.3. The SMILES string of the molecule is CC(NC(=O)C1(c2cccc(Cl)c2)CC1)c1nc2ccccc2[nH]1. The van der Waals surface area contributed by atoms with Gasteiger partial charge in [0.2, 0.25) is 5.91 Å². The molecule has 4 rings (SSSR count). The molecule has 1 aliphatic carbocycles. The number of amides is 1. The topological polar surface area (TPSA) is 57.8 Å². The zero-order valence-corrected chi connectivity index (χ0v) is 14.1. The van der Waals surface area contributed by atoms with E-state index in [0.717, 1.165) is 35.3 Å². The number of hydrogen-bond donors (Lipinski definition) is 2. The van der Waals surface area contributed by atoms with Crippen LogP contribution in [-0.4, -0.2) is 15.9 Å². The van der Waals surface area contributed by atoms with Gasteiger partial charge in [-0.1, -0.05) is 35.9 Å². The van der Waals surface area contributed by atoms with Gasteiger partial charge in [-0.3, -0.25) is 4.79 Å². The number of carbonyl (C=O) groups is 1. The molecule has 0 spiro atoms. The first-order valence-electron chi connectivity index (χ1n) is 8.10. The molecule has 0 aliphatic heterocycles. The maximum Gasteiger partial charge on any atom is 0.231 e. The van der Waals surface area contributed by atoms with E-state index < -0.39 is 5.41 Å². The number of rotatable bonds is 4. The predicted octanol–water partition coefficient (Wildman–Crippen LogP) is 4.13. The van der Waals surface area contributed by atoms with E-state index in [-0.39, 0.29) is 11.9 Å². The molecule has 1 saturated carbocycles. The van der Waals surface area contributed by atoms with Gasteiger partial charge in [-0.15, -0.1) is 0 Å². The first kappa shape index (κ1) is 15.2. The second-order valence-electron chi connectivity index (χ2n) is 6.43. The van der Waals surface area contributed by atoms with E-state index >= 15 is 0 Å². The highest BCUT2D eigenvalue weighted by Crippen LogP contribution is 2.49. The summed E-state index contributed by atoms with van der Waals surface area (Å²) in [6.07, 6.45) is 1.71. The number of nitrogens with one attached hydrogen (secondary N) is 2. The largest absolute Gasteiger partial charge is 0.346 e. The Labute approximate surface area is 145 Å². The van der Waals surface area contributed by atoms with Gasteiger partial charge < -0.3 is 10.3 Å². The molecular weight excluding hydrogens is 322 g/mol. The van der Waals surface area contributed by atoms with Crippen molar-refractivity contribution < 1.29 is 4.79 Å². The van der Waals surface area contributed by atoms with E-state index in [1.54, 1.807) is 0 Å². The lowest BCUT2D eigenvalue weighted by Crippen LogP contribution is -2.36. The van der Waals surface area contributed by atoms with Gasteiger partial charge in [0.25, 0.3) is 0 Å². The number of para-hydroxylation sites is 2. The van der Waals surface area contributed by atoms with Crippen molar-refractivity contribution in [2.45, 2.75) is 31.2 Å². The number of imidazole rings is 1. The third-order valence-corrected chi connectivity index (χ3v) is 4.96. The second kappa shape index (κ2) is 5.64. The molecule has 122 valence electrons. The molecule has 5 heteroatoms. The van der Waals surface area contributed by atoms with Gasteiger partial charge in [0, 0.05) is 5.02 Å². The van der Waals surface area contributed by atoms with Gasteiger partial charge in [-0.25, -0.2) is 4.98 Å². The molecule has 1 amide bonds. The van der Waals surface area contributed by atoms with Crippen LogP contribution >= 0.6 is 11.6 Å². The van der Waals surface area contributed by atoms with Crippen LogP contribution in [0.15, 0.2) is 48.5 Å². The van der Waals surface area contributed by atoms with E-state index in [2.05, 4.69) is 15.3 Å². The number of carbonyl (C=O) groups excluding carboxylic acids is 1. The highest BCUT2D eigenvalue weighted by Gasteiger charge is 2.51. The van der Waals surface area contributed by atoms with E-state index in [4.69, 9.17) is 11.6 Å². The molecule has 0 saturated heterocycles. The minimum atomic E-state index is -0.439. The lowest BCUT2D eigenvalue weighted by Gasteiger charge is -2.19. The Kier molecular flexibility index (Phi) is 3.57. The smallest absolute Gasteiger partial charge is 0.231 e. The Morgan fingerprint density at radius 3 is 2.75 bits per heavy atom. The van der Waals surface area contributed by atoms with Crippen molar-refractivity contribution in [1.29, 1.82) is 0 Å². The number of hydrogen-bond acceptors (Lipinski definition) is 2. The van der Waals surface area contributed by atoms with E-state index in [0.29, 0.717) is 5.02 Å². The van der Waals surface area contributed by atoms with Gasteiger partial charge in [0.15, 0.2) is 0 Å². The number of nitrogens with zero attached hydrogens (tertiary/aromatic N) is 1. The fourth-order valence-corrected chi connectivity index (χ4v) is 3.33. The van der Waals surface area contributed by atoms with Gasteiger partial charge in [0.05, 0.1) is 22.5 Å². The van der Waals surface area contributed by atoms with Crippen molar-refractivity contribution >= 4 is 28.5 Å². The summed E-state index contributed by atoms with van der Waals surface area (Å²) in [6, 6.07) is 15.3. The average Bonchev–Trinajstić information content (AvgIpc) is 3.27. The van der Waals surface area contributed by atoms with Crippen LogP contribution in [-0.2, 0) is 10.2 Å². The lowest BCUT2D eigenvalue weighted by atomic mass is 9.94. The van der Waals surface area contributed by atoms with Crippen molar-refractivity contribution in [2.24, 2.45) is 0 Å². The minimum absolute atomic E-state index is 0.0396. The molecule has 0 radical (unpaired) electrons. The Balaban J connectivity index is 1.55. The number of aromatic nitrogens is 2. The van der Waals surface area contributed by atoms with Crippen LogP contribution in [0.2, 0.25) is 5.02 Å². The summed E-state index contributed by atoms with van der Waals surface area (Å²) in [5.41, 5.74) is 2.43. The molecule has 1 aromatic heterocycles. The van der Waals surface area contributed by atoms with Gasteiger partial charge in [-0.05, 0) is 49.6 Å². The minimum Gasteiger partial charge on any atom is -0.346 e. The van der Waals surface area contributed by atoms with Crippen molar-refractivity contribution in [2.75, 3.05) is 0 Å². The van der Waals surface area contributed by atoms with Crippen LogP contribution in [0, 0.1) is 0 Å². The Bertz CT molecular complexity index is 881. The first-order chi connectivity index (χ1) is 11.6. The summed E-state index contributed by atoms with van der Waals surface area (Å²) < 4.78 is 0. The maximum atomic E-state index is 12.8. The highest BCUT2D eigenvalue weighted by molar-refractivity contribution is 6.30. The standard InChI is InChI=1S/C19H18ClN3O/c1-12(17-22-15-7-2-3-8-16(15)23-17)21-18(24)19(9-10-19)13-5-4-6-14(20)11-13/h2-8,11-12H,9-10H2,1H3,(H,21,24)(H,22,23). The molecule has 1 aliphatic rings. The molecule has 2 N–H and O–H groups in total. The van der Waals surface area contributed by atoms with Crippen LogP contribution in [0.3, 0.4) is 0 Å². The van der Waals surface area contributed by atoms with Crippen molar-refractivity contribution in [3.05, 3.63) is 64.9 Å². The predicted molar refractivity (Wildman–Crippen MR) is 95.0 cm³/mol. The summed E-state index contributed by atoms with van der Waals surface area (Å²) >= 11 is 6.08. The summed E-state index contributed by atoms with van der Waals surface area (Å²) in [7, 11) is 0. The molecule has 0 bridgehead atoms. The Hall–Kier alpha value is -2.33. The van der Waals surface area contributed by atoms with E-state index in [1.807, 2.05) is 55.5 Å². The fourth-order valence-electron chi connectivity index (χ4n) is 3.14. The normalized spacial score (nSPS) is 16.8. The maximum absolute atomic E-state index is 12.8. The Morgan fingerprint density at radius 2 is 2.04 bits per heavy atom. The average molecular weight is 340 g/mol.